The molecule has 0 aliphatic heterocycles. The van der Waals surface area contributed by atoms with Gasteiger partial charge in [0.1, 0.15) is 5.75 Å². The van der Waals surface area contributed by atoms with Crippen molar-refractivity contribution in [1.29, 1.82) is 0 Å². The standard InChI is InChI=1S/C15H12N4O4/c20-14(9-23-11-4-2-1-3-5-11)16-15-12-8-10(19(21)22)6-7-13(12)17-18-15/h1-8H,9H2,(H2,16,17,18,20). The molecule has 3 aromatic rings. The van der Waals surface area contributed by atoms with Gasteiger partial charge in [0.05, 0.1) is 15.8 Å². The summed E-state index contributed by atoms with van der Waals surface area (Å²) in [7, 11) is 0. The van der Waals surface area contributed by atoms with E-state index in [4.69, 9.17) is 4.74 Å². The average Bonchev–Trinajstić information content (AvgIpc) is 2.96. The molecule has 2 aromatic carbocycles. The average molecular weight is 312 g/mol. The third-order valence-electron chi connectivity index (χ3n) is 3.13. The number of aromatic amines is 1. The van der Waals surface area contributed by atoms with Crippen LogP contribution < -0.4 is 10.1 Å². The van der Waals surface area contributed by atoms with Crippen LogP contribution in [0.2, 0.25) is 0 Å². The first-order valence-corrected chi connectivity index (χ1v) is 6.74. The second-order valence-electron chi connectivity index (χ2n) is 4.71. The summed E-state index contributed by atoms with van der Waals surface area (Å²) in [6.07, 6.45) is 0. The van der Waals surface area contributed by atoms with Crippen LogP contribution in [0.25, 0.3) is 10.9 Å². The van der Waals surface area contributed by atoms with Crippen LogP contribution in [0.15, 0.2) is 48.5 Å². The molecule has 1 aromatic heterocycles. The Morgan fingerprint density at radius 1 is 1.26 bits per heavy atom. The Morgan fingerprint density at radius 3 is 2.78 bits per heavy atom. The Hall–Kier alpha value is -3.42. The van der Waals surface area contributed by atoms with Crippen molar-refractivity contribution in [2.45, 2.75) is 0 Å². The van der Waals surface area contributed by atoms with Gasteiger partial charge in [0.25, 0.3) is 11.6 Å². The maximum absolute atomic E-state index is 11.9. The minimum atomic E-state index is -0.503. The summed E-state index contributed by atoms with van der Waals surface area (Å²) in [5, 5.41) is 20.5. The number of rotatable bonds is 5. The van der Waals surface area contributed by atoms with Gasteiger partial charge in [-0.25, -0.2) is 0 Å². The summed E-state index contributed by atoms with van der Waals surface area (Å²) < 4.78 is 5.33. The van der Waals surface area contributed by atoms with E-state index in [0.29, 0.717) is 16.7 Å². The summed E-state index contributed by atoms with van der Waals surface area (Å²) >= 11 is 0. The molecule has 8 nitrogen and oxygen atoms in total. The topological polar surface area (TPSA) is 110 Å². The molecule has 1 heterocycles. The van der Waals surface area contributed by atoms with Gasteiger partial charge in [-0.3, -0.25) is 20.0 Å². The van der Waals surface area contributed by atoms with Crippen molar-refractivity contribution in [3.63, 3.8) is 0 Å². The number of hydrogen-bond acceptors (Lipinski definition) is 5. The van der Waals surface area contributed by atoms with E-state index in [1.165, 1.54) is 18.2 Å². The highest BCUT2D eigenvalue weighted by atomic mass is 16.6. The highest BCUT2D eigenvalue weighted by Gasteiger charge is 2.14. The highest BCUT2D eigenvalue weighted by Crippen LogP contribution is 2.25. The second kappa shape index (κ2) is 6.14. The van der Waals surface area contributed by atoms with Gasteiger partial charge in [-0.15, -0.1) is 0 Å². The number of aromatic nitrogens is 2. The van der Waals surface area contributed by atoms with Gasteiger partial charge in [-0.05, 0) is 18.2 Å². The summed E-state index contributed by atoms with van der Waals surface area (Å²) in [6.45, 7) is -0.187. The molecule has 0 aliphatic carbocycles. The zero-order valence-corrected chi connectivity index (χ0v) is 11.9. The van der Waals surface area contributed by atoms with Gasteiger partial charge in [0, 0.05) is 12.1 Å². The van der Waals surface area contributed by atoms with Gasteiger partial charge in [-0.2, -0.15) is 5.10 Å². The zero-order valence-electron chi connectivity index (χ0n) is 11.9. The lowest BCUT2D eigenvalue weighted by Crippen LogP contribution is -2.20. The molecule has 23 heavy (non-hydrogen) atoms. The van der Waals surface area contributed by atoms with Crippen molar-refractivity contribution in [3.8, 4) is 5.75 Å². The van der Waals surface area contributed by atoms with Crippen molar-refractivity contribution in [2.24, 2.45) is 0 Å². The number of non-ortho nitro benzene ring substituents is 1. The lowest BCUT2D eigenvalue weighted by Gasteiger charge is -2.05. The second-order valence-corrected chi connectivity index (χ2v) is 4.71. The van der Waals surface area contributed by atoms with Crippen LogP contribution in [-0.2, 0) is 4.79 Å². The first-order valence-electron chi connectivity index (χ1n) is 6.74. The first-order chi connectivity index (χ1) is 11.1. The molecule has 0 aliphatic rings. The number of carbonyl (C=O) groups is 1. The van der Waals surface area contributed by atoms with E-state index in [-0.39, 0.29) is 18.1 Å². The number of ether oxygens (including phenoxy) is 1. The number of amides is 1. The van der Waals surface area contributed by atoms with E-state index < -0.39 is 10.8 Å². The number of hydrogen-bond donors (Lipinski definition) is 2. The number of benzene rings is 2. The monoisotopic (exact) mass is 312 g/mol. The molecule has 3 rings (SSSR count). The van der Waals surface area contributed by atoms with Gasteiger partial charge in [0.2, 0.25) is 0 Å². The van der Waals surface area contributed by atoms with E-state index >= 15 is 0 Å². The van der Waals surface area contributed by atoms with E-state index in [2.05, 4.69) is 15.5 Å². The van der Waals surface area contributed by atoms with Crippen molar-refractivity contribution in [1.82, 2.24) is 10.2 Å². The third-order valence-corrected chi connectivity index (χ3v) is 3.13. The maximum Gasteiger partial charge on any atom is 0.270 e. The fraction of sp³-hybridized carbons (Fsp3) is 0.0667. The molecule has 1 amide bonds. The van der Waals surface area contributed by atoms with Crippen molar-refractivity contribution in [2.75, 3.05) is 11.9 Å². The van der Waals surface area contributed by atoms with Gasteiger partial charge >= 0.3 is 0 Å². The predicted molar refractivity (Wildman–Crippen MR) is 83.3 cm³/mol. The Morgan fingerprint density at radius 2 is 2.04 bits per heavy atom. The quantitative estimate of drug-likeness (QED) is 0.555. The van der Waals surface area contributed by atoms with E-state index in [1.54, 1.807) is 24.3 Å². The Bertz CT molecular complexity index is 860. The Kier molecular flexibility index (Phi) is 3.88. The van der Waals surface area contributed by atoms with Crippen LogP contribution in [0.1, 0.15) is 0 Å². The van der Waals surface area contributed by atoms with Crippen LogP contribution in [0.3, 0.4) is 0 Å². The van der Waals surface area contributed by atoms with Gasteiger partial charge in [0.15, 0.2) is 12.4 Å². The molecular weight excluding hydrogens is 300 g/mol. The number of para-hydroxylation sites is 1. The lowest BCUT2D eigenvalue weighted by atomic mass is 10.2. The van der Waals surface area contributed by atoms with Crippen LogP contribution >= 0.6 is 0 Å². The molecular formula is C15H12N4O4. The molecule has 116 valence electrons. The fourth-order valence-electron chi connectivity index (χ4n) is 2.04. The molecule has 8 heteroatoms. The van der Waals surface area contributed by atoms with Crippen molar-refractivity contribution in [3.05, 3.63) is 58.6 Å². The largest absolute Gasteiger partial charge is 0.484 e. The number of carbonyl (C=O) groups excluding carboxylic acids is 1. The number of anilines is 1. The van der Waals surface area contributed by atoms with Gasteiger partial charge in [-0.1, -0.05) is 18.2 Å². The SMILES string of the molecule is O=C(COc1ccccc1)Nc1n[nH]c2ccc([N+](=O)[O-])cc12. The van der Waals surface area contributed by atoms with Crippen LogP contribution in [0, 0.1) is 10.1 Å². The highest BCUT2D eigenvalue weighted by molar-refractivity contribution is 6.00. The molecule has 0 saturated carbocycles. The minimum Gasteiger partial charge on any atom is -0.484 e. The number of fused-ring (bicyclic) bond motifs is 1. The first kappa shape index (κ1) is 14.5. The third kappa shape index (κ3) is 3.26. The molecule has 0 bridgehead atoms. The molecule has 0 spiro atoms. The van der Waals surface area contributed by atoms with E-state index in [1.807, 2.05) is 6.07 Å². The number of nitrogens with zero attached hydrogens (tertiary/aromatic N) is 2. The molecule has 2 N–H and O–H groups in total. The number of H-pyrrole nitrogens is 1. The molecule has 0 radical (unpaired) electrons. The van der Waals surface area contributed by atoms with Crippen LogP contribution in [0.4, 0.5) is 11.5 Å². The molecule has 0 saturated heterocycles. The summed E-state index contributed by atoms with van der Waals surface area (Å²) in [6, 6.07) is 13.2. The number of nitro groups is 1. The lowest BCUT2D eigenvalue weighted by molar-refractivity contribution is -0.384. The summed E-state index contributed by atoms with van der Waals surface area (Å²) in [4.78, 5) is 22.2. The molecule has 0 atom stereocenters. The maximum atomic E-state index is 11.9. The zero-order chi connectivity index (χ0) is 16.2. The Balaban J connectivity index is 1.72. The predicted octanol–water partition coefficient (Wildman–Crippen LogP) is 2.49. The summed E-state index contributed by atoms with van der Waals surface area (Å²) in [5.74, 6) is 0.393. The number of nitro benzene ring substituents is 1. The Labute approximate surface area is 130 Å². The van der Waals surface area contributed by atoms with E-state index in [0.717, 1.165) is 0 Å². The smallest absolute Gasteiger partial charge is 0.270 e. The fourth-order valence-corrected chi connectivity index (χ4v) is 2.04. The van der Waals surface area contributed by atoms with Crippen molar-refractivity contribution >= 4 is 28.3 Å². The molecule has 0 unspecified atom stereocenters. The molecule has 0 fully saturated rings. The van der Waals surface area contributed by atoms with Crippen LogP contribution in [-0.4, -0.2) is 27.6 Å². The van der Waals surface area contributed by atoms with Crippen LogP contribution in [0.5, 0.6) is 5.75 Å². The summed E-state index contributed by atoms with van der Waals surface area (Å²) in [5.41, 5.74) is 0.518. The number of nitrogens with one attached hydrogen (secondary N) is 2. The van der Waals surface area contributed by atoms with Crippen molar-refractivity contribution < 1.29 is 14.5 Å². The normalized spacial score (nSPS) is 10.4. The van der Waals surface area contributed by atoms with Gasteiger partial charge < -0.3 is 10.1 Å². The van der Waals surface area contributed by atoms with E-state index in [9.17, 15) is 14.9 Å². The minimum absolute atomic E-state index is 0.0741.